The minimum Gasteiger partial charge on any atom is -0.396 e. The first-order valence-corrected chi connectivity index (χ1v) is 8.16. The Balaban J connectivity index is 2.01. The van der Waals surface area contributed by atoms with Gasteiger partial charge in [-0.2, -0.15) is 5.10 Å². The third-order valence-electron chi connectivity index (χ3n) is 3.08. The van der Waals surface area contributed by atoms with Crippen molar-refractivity contribution in [3.05, 3.63) is 47.8 Å². The number of nitrogens with one attached hydrogen (secondary N) is 1. The van der Waals surface area contributed by atoms with Gasteiger partial charge in [-0.25, -0.2) is 13.1 Å². The Morgan fingerprint density at radius 3 is 2.52 bits per heavy atom. The third-order valence-corrected chi connectivity index (χ3v) is 4.50. The maximum atomic E-state index is 12.2. The molecule has 7 heteroatoms. The summed E-state index contributed by atoms with van der Waals surface area (Å²) in [7, 11) is -1.74. The fourth-order valence-electron chi connectivity index (χ4n) is 1.94. The molecule has 0 atom stereocenters. The Bertz CT molecular complexity index is 678. The molecule has 1 aromatic carbocycles. The predicted molar refractivity (Wildman–Crippen MR) is 79.1 cm³/mol. The SMILES string of the molecule is Cn1cc(CNS(=O)(=O)c2ccc(CCCO)cc2)cn1. The minimum absolute atomic E-state index is 0.132. The highest BCUT2D eigenvalue weighted by molar-refractivity contribution is 7.89. The number of aromatic nitrogens is 2. The fourth-order valence-corrected chi connectivity index (χ4v) is 2.96. The Morgan fingerprint density at radius 2 is 1.95 bits per heavy atom. The van der Waals surface area contributed by atoms with Crippen LogP contribution in [0.15, 0.2) is 41.6 Å². The molecule has 0 aliphatic carbocycles. The summed E-state index contributed by atoms with van der Waals surface area (Å²) in [6.07, 6.45) is 4.80. The summed E-state index contributed by atoms with van der Waals surface area (Å²) >= 11 is 0. The molecule has 0 saturated carbocycles. The summed E-state index contributed by atoms with van der Waals surface area (Å²) in [5.74, 6) is 0. The van der Waals surface area contributed by atoms with Gasteiger partial charge in [-0.15, -0.1) is 0 Å². The molecule has 2 N–H and O–H groups in total. The normalized spacial score (nSPS) is 11.7. The smallest absolute Gasteiger partial charge is 0.240 e. The Hall–Kier alpha value is -1.70. The van der Waals surface area contributed by atoms with Gasteiger partial charge in [-0.1, -0.05) is 12.1 Å². The van der Waals surface area contributed by atoms with E-state index in [0.717, 1.165) is 17.5 Å². The molecule has 21 heavy (non-hydrogen) atoms. The second-order valence-electron chi connectivity index (χ2n) is 4.82. The van der Waals surface area contributed by atoms with Crippen molar-refractivity contribution in [2.45, 2.75) is 24.3 Å². The van der Waals surface area contributed by atoms with Crippen LogP contribution in [0, 0.1) is 0 Å². The van der Waals surface area contributed by atoms with Crippen molar-refractivity contribution in [2.24, 2.45) is 7.05 Å². The molecule has 0 amide bonds. The van der Waals surface area contributed by atoms with Gasteiger partial charge in [0.05, 0.1) is 11.1 Å². The molecule has 1 heterocycles. The van der Waals surface area contributed by atoms with Crippen LogP contribution in [0.3, 0.4) is 0 Å². The highest BCUT2D eigenvalue weighted by Crippen LogP contribution is 2.12. The number of aryl methyl sites for hydroxylation is 2. The zero-order valence-electron chi connectivity index (χ0n) is 11.9. The van der Waals surface area contributed by atoms with Crippen LogP contribution in [-0.2, 0) is 30.0 Å². The predicted octanol–water partition coefficient (Wildman–Crippen LogP) is 0.823. The molecular formula is C14H19N3O3S. The molecule has 2 aromatic rings. The van der Waals surface area contributed by atoms with Crippen molar-refractivity contribution in [1.29, 1.82) is 0 Å². The van der Waals surface area contributed by atoms with E-state index in [1.807, 2.05) is 0 Å². The number of hydrogen-bond acceptors (Lipinski definition) is 4. The van der Waals surface area contributed by atoms with E-state index in [2.05, 4.69) is 9.82 Å². The first-order valence-electron chi connectivity index (χ1n) is 6.68. The van der Waals surface area contributed by atoms with E-state index in [-0.39, 0.29) is 18.0 Å². The van der Waals surface area contributed by atoms with E-state index in [9.17, 15) is 8.42 Å². The van der Waals surface area contributed by atoms with Crippen LogP contribution in [0.25, 0.3) is 0 Å². The summed E-state index contributed by atoms with van der Waals surface area (Å²) in [4.78, 5) is 0.235. The number of aliphatic hydroxyl groups is 1. The van der Waals surface area contributed by atoms with E-state index in [1.165, 1.54) is 0 Å². The molecule has 0 spiro atoms. The lowest BCUT2D eigenvalue weighted by Gasteiger charge is -2.06. The number of nitrogens with zero attached hydrogens (tertiary/aromatic N) is 2. The van der Waals surface area contributed by atoms with Crippen LogP contribution < -0.4 is 4.72 Å². The second-order valence-corrected chi connectivity index (χ2v) is 6.58. The number of aliphatic hydroxyl groups excluding tert-OH is 1. The van der Waals surface area contributed by atoms with Gasteiger partial charge in [-0.05, 0) is 30.5 Å². The van der Waals surface area contributed by atoms with Crippen LogP contribution in [0.1, 0.15) is 17.5 Å². The van der Waals surface area contributed by atoms with Crippen LogP contribution in [-0.4, -0.2) is 29.9 Å². The van der Waals surface area contributed by atoms with E-state index >= 15 is 0 Å². The van der Waals surface area contributed by atoms with Gasteiger partial charge in [0, 0.05) is 32.0 Å². The van der Waals surface area contributed by atoms with E-state index < -0.39 is 10.0 Å². The van der Waals surface area contributed by atoms with Crippen LogP contribution in [0.2, 0.25) is 0 Å². The largest absolute Gasteiger partial charge is 0.396 e. The van der Waals surface area contributed by atoms with Gasteiger partial charge in [-0.3, -0.25) is 4.68 Å². The molecule has 0 saturated heterocycles. The highest BCUT2D eigenvalue weighted by atomic mass is 32.2. The van der Waals surface area contributed by atoms with Crippen molar-refractivity contribution in [2.75, 3.05) is 6.61 Å². The average molecular weight is 309 g/mol. The standard InChI is InChI=1S/C14H19N3O3S/c1-17-11-13(9-15-17)10-16-21(19,20)14-6-4-12(5-7-14)3-2-8-18/h4-7,9,11,16,18H,2-3,8,10H2,1H3. The summed E-state index contributed by atoms with van der Waals surface area (Å²) in [5.41, 5.74) is 1.82. The Kier molecular flexibility index (Phi) is 5.11. The van der Waals surface area contributed by atoms with Crippen molar-refractivity contribution in [3.8, 4) is 0 Å². The zero-order valence-corrected chi connectivity index (χ0v) is 12.7. The van der Waals surface area contributed by atoms with Gasteiger partial charge < -0.3 is 5.11 Å². The molecule has 114 valence electrons. The molecule has 0 fully saturated rings. The lowest BCUT2D eigenvalue weighted by atomic mass is 10.1. The highest BCUT2D eigenvalue weighted by Gasteiger charge is 2.13. The number of hydrogen-bond donors (Lipinski definition) is 2. The summed E-state index contributed by atoms with van der Waals surface area (Å²) in [6, 6.07) is 6.71. The number of rotatable bonds is 7. The van der Waals surface area contributed by atoms with Crippen LogP contribution in [0.4, 0.5) is 0 Å². The molecule has 0 bridgehead atoms. The lowest BCUT2D eigenvalue weighted by Crippen LogP contribution is -2.23. The van der Waals surface area contributed by atoms with E-state index in [4.69, 9.17) is 5.11 Å². The lowest BCUT2D eigenvalue weighted by molar-refractivity contribution is 0.288. The number of benzene rings is 1. The van der Waals surface area contributed by atoms with Gasteiger partial charge in [0.2, 0.25) is 10.0 Å². The summed E-state index contributed by atoms with van der Waals surface area (Å²) in [6.45, 7) is 0.342. The molecular weight excluding hydrogens is 290 g/mol. The summed E-state index contributed by atoms with van der Waals surface area (Å²) in [5, 5.41) is 12.8. The summed E-state index contributed by atoms with van der Waals surface area (Å²) < 4.78 is 28.5. The molecule has 0 aliphatic heterocycles. The molecule has 1 aromatic heterocycles. The third kappa shape index (κ3) is 4.38. The molecule has 0 radical (unpaired) electrons. The monoisotopic (exact) mass is 309 g/mol. The van der Waals surface area contributed by atoms with Gasteiger partial charge in [0.1, 0.15) is 0 Å². The Labute approximate surface area is 124 Å². The molecule has 2 rings (SSSR count). The maximum absolute atomic E-state index is 12.2. The van der Waals surface area contributed by atoms with E-state index in [1.54, 1.807) is 48.4 Å². The van der Waals surface area contributed by atoms with Crippen molar-refractivity contribution in [1.82, 2.24) is 14.5 Å². The zero-order chi connectivity index (χ0) is 15.3. The first kappa shape index (κ1) is 15.7. The van der Waals surface area contributed by atoms with Gasteiger partial charge in [0.15, 0.2) is 0 Å². The molecule has 0 aliphatic rings. The van der Waals surface area contributed by atoms with Gasteiger partial charge >= 0.3 is 0 Å². The topological polar surface area (TPSA) is 84.2 Å². The van der Waals surface area contributed by atoms with Crippen molar-refractivity contribution >= 4 is 10.0 Å². The average Bonchev–Trinajstić information content (AvgIpc) is 2.89. The van der Waals surface area contributed by atoms with Crippen molar-refractivity contribution in [3.63, 3.8) is 0 Å². The van der Waals surface area contributed by atoms with Gasteiger partial charge in [0.25, 0.3) is 0 Å². The Morgan fingerprint density at radius 1 is 1.24 bits per heavy atom. The molecule has 6 nitrogen and oxygen atoms in total. The fraction of sp³-hybridized carbons (Fsp3) is 0.357. The van der Waals surface area contributed by atoms with E-state index in [0.29, 0.717) is 6.42 Å². The van der Waals surface area contributed by atoms with Crippen LogP contribution >= 0.6 is 0 Å². The molecule has 0 unspecified atom stereocenters. The second kappa shape index (κ2) is 6.84. The minimum atomic E-state index is -3.52. The first-order chi connectivity index (χ1) is 10.0. The number of sulfonamides is 1. The maximum Gasteiger partial charge on any atom is 0.240 e. The van der Waals surface area contributed by atoms with Crippen LogP contribution in [0.5, 0.6) is 0 Å². The quantitative estimate of drug-likeness (QED) is 0.793. The van der Waals surface area contributed by atoms with Crippen molar-refractivity contribution < 1.29 is 13.5 Å².